The Morgan fingerprint density at radius 1 is 1.02 bits per heavy atom. The molecule has 0 unspecified atom stereocenters. The largest absolute Gasteiger partial charge is 0.506 e. The molecule has 11 heteroatoms. The van der Waals surface area contributed by atoms with Gasteiger partial charge in [0, 0.05) is 44.3 Å². The number of aliphatic hydroxyl groups is 1. The van der Waals surface area contributed by atoms with Gasteiger partial charge in [-0.3, -0.25) is 4.79 Å². The van der Waals surface area contributed by atoms with Gasteiger partial charge >= 0.3 is 6.09 Å². The molecule has 214 valence electrons. The van der Waals surface area contributed by atoms with Gasteiger partial charge in [0.25, 0.3) is 0 Å². The highest BCUT2D eigenvalue weighted by Gasteiger charge is 2.22. The Hall–Kier alpha value is -4.45. The zero-order valence-corrected chi connectivity index (χ0v) is 22.8. The number of likely N-dealkylation sites (N-methyl/N-ethyl adjacent to an activating group) is 1. The van der Waals surface area contributed by atoms with Crippen molar-refractivity contribution in [1.29, 1.82) is 0 Å². The average Bonchev–Trinajstić information content (AvgIpc) is 3.36. The maximum atomic E-state index is 12.8. The van der Waals surface area contributed by atoms with Gasteiger partial charge in [-0.2, -0.15) is 5.10 Å². The molecule has 0 bridgehead atoms. The van der Waals surface area contributed by atoms with E-state index in [0.717, 1.165) is 16.6 Å². The number of amides is 1. The molecule has 0 saturated heterocycles. The summed E-state index contributed by atoms with van der Waals surface area (Å²) < 4.78 is 12.4. The first-order valence-corrected chi connectivity index (χ1v) is 13.5. The van der Waals surface area contributed by atoms with Crippen LogP contribution in [0.25, 0.3) is 27.2 Å². The van der Waals surface area contributed by atoms with Crippen LogP contribution in [0.4, 0.5) is 10.5 Å². The molecule has 0 spiro atoms. The molecule has 1 amide bonds. The van der Waals surface area contributed by atoms with Crippen molar-refractivity contribution in [3.8, 4) is 5.75 Å². The van der Waals surface area contributed by atoms with E-state index in [2.05, 4.69) is 10.6 Å². The maximum absolute atomic E-state index is 12.8. The molecule has 0 aliphatic carbocycles. The quantitative estimate of drug-likeness (QED) is 0.127. The Balaban J connectivity index is 1.36. The molecule has 2 aromatic heterocycles. The van der Waals surface area contributed by atoms with Crippen molar-refractivity contribution in [3.63, 3.8) is 0 Å². The average molecular weight is 560 g/mol. The monoisotopic (exact) mass is 559 g/mol. The Morgan fingerprint density at radius 2 is 1.85 bits per heavy atom. The number of nitrogens with zero attached hydrogens (tertiary/aromatic N) is 3. The number of anilines is 1. The molecule has 4 N–H and O–H groups in total. The van der Waals surface area contributed by atoms with E-state index in [-0.39, 0.29) is 36.4 Å². The SMILES string of the molecule is CN(CCNc1ccc2c(CNCCOCCO)nn3c4cccc(=O)c4c(O)c1c23)C(=O)OCc1ccccc1. The van der Waals surface area contributed by atoms with Crippen LogP contribution in [0.5, 0.6) is 5.75 Å². The third kappa shape index (κ3) is 6.02. The number of ether oxygens (including phenoxy) is 2. The van der Waals surface area contributed by atoms with Gasteiger partial charge in [-0.1, -0.05) is 36.4 Å². The lowest BCUT2D eigenvalue weighted by atomic mass is 10.0. The van der Waals surface area contributed by atoms with Crippen molar-refractivity contribution in [1.82, 2.24) is 19.8 Å². The van der Waals surface area contributed by atoms with E-state index < -0.39 is 6.09 Å². The van der Waals surface area contributed by atoms with Crippen LogP contribution >= 0.6 is 0 Å². The van der Waals surface area contributed by atoms with Gasteiger partial charge in [0.1, 0.15) is 12.4 Å². The molecule has 5 rings (SSSR count). The number of carbonyl (C=O) groups is 1. The number of pyridine rings is 1. The normalized spacial score (nSPS) is 11.5. The fourth-order valence-corrected chi connectivity index (χ4v) is 4.82. The topological polar surface area (TPSA) is 138 Å². The van der Waals surface area contributed by atoms with Crippen molar-refractivity contribution >= 4 is 39.0 Å². The number of hydrogen-bond donors (Lipinski definition) is 4. The zero-order chi connectivity index (χ0) is 28.8. The van der Waals surface area contributed by atoms with E-state index in [0.29, 0.717) is 54.9 Å². The highest BCUT2D eigenvalue weighted by molar-refractivity contribution is 6.13. The molecule has 11 nitrogen and oxygen atoms in total. The summed E-state index contributed by atoms with van der Waals surface area (Å²) in [7, 11) is 1.66. The molecule has 0 aliphatic rings. The summed E-state index contributed by atoms with van der Waals surface area (Å²) in [6.45, 7) is 2.64. The standard InChI is InChI=1S/C30H33N5O6/c1-34(30(39)41-19-20-6-3-2-4-7-20)14-12-32-22-11-10-21-23(18-31-13-16-40-17-15-36)33-35-24-8-5-9-25(37)27(24)29(38)26(22)28(21)35/h2-11,31-32,36,38H,12-19H2,1H3. The summed E-state index contributed by atoms with van der Waals surface area (Å²) in [5.74, 6) is -0.112. The minimum absolute atomic E-state index is 0.0239. The van der Waals surface area contributed by atoms with E-state index in [9.17, 15) is 14.7 Å². The number of aromatic nitrogens is 2. The molecule has 0 aliphatic heterocycles. The number of benzene rings is 3. The van der Waals surface area contributed by atoms with Gasteiger partial charge in [-0.15, -0.1) is 0 Å². The predicted molar refractivity (Wildman–Crippen MR) is 157 cm³/mol. The lowest BCUT2D eigenvalue weighted by molar-refractivity contribution is 0.0937. The van der Waals surface area contributed by atoms with Crippen LogP contribution in [0.2, 0.25) is 0 Å². The fourth-order valence-electron chi connectivity index (χ4n) is 4.82. The Bertz CT molecular complexity index is 1690. The molecule has 0 fully saturated rings. The van der Waals surface area contributed by atoms with Crippen molar-refractivity contribution in [2.75, 3.05) is 51.8 Å². The fraction of sp³-hybridized carbons (Fsp3) is 0.300. The van der Waals surface area contributed by atoms with Crippen molar-refractivity contribution in [2.24, 2.45) is 0 Å². The minimum Gasteiger partial charge on any atom is -0.506 e. The summed E-state index contributed by atoms with van der Waals surface area (Å²) in [5, 5.41) is 33.1. The van der Waals surface area contributed by atoms with E-state index >= 15 is 0 Å². The van der Waals surface area contributed by atoms with Crippen LogP contribution in [-0.2, 0) is 22.6 Å². The molecule has 3 aromatic carbocycles. The smallest absolute Gasteiger partial charge is 0.409 e. The molecule has 2 heterocycles. The first kappa shape index (κ1) is 28.1. The summed E-state index contributed by atoms with van der Waals surface area (Å²) in [4.78, 5) is 26.8. The number of nitrogens with one attached hydrogen (secondary N) is 2. The Kier molecular flexibility index (Phi) is 8.78. The van der Waals surface area contributed by atoms with Crippen LogP contribution in [0.3, 0.4) is 0 Å². The van der Waals surface area contributed by atoms with Crippen LogP contribution in [0.1, 0.15) is 11.3 Å². The van der Waals surface area contributed by atoms with Crippen molar-refractivity contribution in [2.45, 2.75) is 13.2 Å². The second-order valence-electron chi connectivity index (χ2n) is 9.64. The highest BCUT2D eigenvalue weighted by Crippen LogP contribution is 2.40. The minimum atomic E-state index is -0.441. The van der Waals surface area contributed by atoms with Crippen molar-refractivity contribution in [3.05, 3.63) is 82.1 Å². The van der Waals surface area contributed by atoms with E-state index in [1.54, 1.807) is 23.7 Å². The molecule has 5 aromatic rings. The van der Waals surface area contributed by atoms with Gasteiger partial charge < -0.3 is 35.2 Å². The Labute approximate surface area is 236 Å². The van der Waals surface area contributed by atoms with Crippen LogP contribution in [0, 0.1) is 0 Å². The summed E-state index contributed by atoms with van der Waals surface area (Å²) >= 11 is 0. The maximum Gasteiger partial charge on any atom is 0.409 e. The molecular formula is C30H33N5O6. The second-order valence-corrected chi connectivity index (χ2v) is 9.64. The number of fused-ring (bicyclic) bond motifs is 2. The second kappa shape index (κ2) is 12.8. The first-order valence-electron chi connectivity index (χ1n) is 13.5. The number of aliphatic hydroxyl groups excluding tert-OH is 1. The molecule has 41 heavy (non-hydrogen) atoms. The van der Waals surface area contributed by atoms with Gasteiger partial charge in [0.2, 0.25) is 0 Å². The zero-order valence-electron chi connectivity index (χ0n) is 22.8. The van der Waals surface area contributed by atoms with Crippen LogP contribution < -0.4 is 16.1 Å². The molecular weight excluding hydrogens is 526 g/mol. The predicted octanol–water partition coefficient (Wildman–Crippen LogP) is 2.92. The van der Waals surface area contributed by atoms with Crippen LogP contribution in [0.15, 0.2) is 65.5 Å². The number of carbonyl (C=O) groups excluding carboxylic acids is 1. The van der Waals surface area contributed by atoms with Gasteiger partial charge in [-0.25, -0.2) is 9.31 Å². The summed E-state index contributed by atoms with van der Waals surface area (Å²) in [6.07, 6.45) is -0.441. The molecule has 0 saturated carbocycles. The number of rotatable bonds is 13. The lowest BCUT2D eigenvalue weighted by Crippen LogP contribution is -2.31. The number of hydrogen-bond acceptors (Lipinski definition) is 9. The summed E-state index contributed by atoms with van der Waals surface area (Å²) in [5.41, 5.74) is 3.19. The molecule has 0 radical (unpaired) electrons. The first-order chi connectivity index (χ1) is 20.0. The molecule has 0 atom stereocenters. The highest BCUT2D eigenvalue weighted by atomic mass is 16.6. The van der Waals surface area contributed by atoms with Crippen LogP contribution in [-0.4, -0.2) is 77.3 Å². The van der Waals surface area contributed by atoms with E-state index in [1.807, 2.05) is 42.5 Å². The lowest BCUT2D eigenvalue weighted by Gasteiger charge is -2.19. The van der Waals surface area contributed by atoms with Crippen molar-refractivity contribution < 1.29 is 24.5 Å². The van der Waals surface area contributed by atoms with E-state index in [1.165, 1.54) is 11.0 Å². The third-order valence-electron chi connectivity index (χ3n) is 6.86. The summed E-state index contributed by atoms with van der Waals surface area (Å²) in [6, 6.07) is 18.1. The number of aromatic hydroxyl groups is 1. The Morgan fingerprint density at radius 3 is 2.66 bits per heavy atom. The van der Waals surface area contributed by atoms with Gasteiger partial charge in [0.15, 0.2) is 5.43 Å². The van der Waals surface area contributed by atoms with Gasteiger partial charge in [0.05, 0.1) is 47.3 Å². The van der Waals surface area contributed by atoms with Gasteiger partial charge in [-0.05, 0) is 29.8 Å². The van der Waals surface area contributed by atoms with E-state index in [4.69, 9.17) is 19.7 Å². The third-order valence-corrected chi connectivity index (χ3v) is 6.86.